The van der Waals surface area contributed by atoms with Crippen molar-refractivity contribution in [1.29, 1.82) is 0 Å². The molecular weight excluding hydrogens is 408 g/mol. The van der Waals surface area contributed by atoms with Crippen LogP contribution in [-0.4, -0.2) is 26.0 Å². The normalized spacial score (nSPS) is 19.5. The zero-order valence-corrected chi connectivity index (χ0v) is 15.6. The third-order valence-electron chi connectivity index (χ3n) is 4.32. The summed E-state index contributed by atoms with van der Waals surface area (Å²) in [5.41, 5.74) is 2.53. The third kappa shape index (κ3) is 3.06. The molecule has 3 aromatic rings. The maximum absolute atomic E-state index is 11.6. The van der Waals surface area contributed by atoms with E-state index in [0.717, 1.165) is 11.1 Å². The van der Waals surface area contributed by atoms with Crippen LogP contribution in [0.3, 0.4) is 0 Å². The Morgan fingerprint density at radius 2 is 1.38 bits per heavy atom. The van der Waals surface area contributed by atoms with Gasteiger partial charge in [-0.05, 0) is 0 Å². The number of aliphatic hydroxyl groups is 1. The standard InChI is InChI=1S/C22H18OTe/c23-22(15-17-9-3-1-4-10-17)16-21(18-11-5-2-6-12-18)24-20-14-8-7-13-19(20)22/h1-14,16,23H,15H2. The van der Waals surface area contributed by atoms with E-state index in [9.17, 15) is 5.11 Å². The van der Waals surface area contributed by atoms with Crippen LogP contribution in [0, 0.1) is 0 Å². The van der Waals surface area contributed by atoms with Crippen LogP contribution in [0.25, 0.3) is 3.62 Å². The Hall–Kier alpha value is -1.85. The molecule has 1 aliphatic heterocycles. The van der Waals surface area contributed by atoms with Crippen molar-refractivity contribution >= 4 is 28.2 Å². The molecule has 0 aliphatic carbocycles. The molecule has 0 saturated carbocycles. The summed E-state index contributed by atoms with van der Waals surface area (Å²) in [6.45, 7) is 0. The van der Waals surface area contributed by atoms with Crippen LogP contribution in [-0.2, 0) is 12.0 Å². The summed E-state index contributed by atoms with van der Waals surface area (Å²) in [6.07, 6.45) is 2.72. The molecule has 0 spiro atoms. The van der Waals surface area contributed by atoms with E-state index >= 15 is 0 Å². The summed E-state index contributed by atoms with van der Waals surface area (Å²) < 4.78 is 2.65. The molecule has 3 aromatic carbocycles. The first-order chi connectivity index (χ1) is 11.7. The summed E-state index contributed by atoms with van der Waals surface area (Å²) in [5.74, 6) is 0. The molecule has 1 N–H and O–H groups in total. The SMILES string of the molecule is OC1(Cc2ccccc2)C=C(c2ccccc2)[Te]c2ccccc21. The van der Waals surface area contributed by atoms with Gasteiger partial charge in [0.15, 0.2) is 0 Å². The van der Waals surface area contributed by atoms with E-state index in [1.165, 1.54) is 12.8 Å². The van der Waals surface area contributed by atoms with Gasteiger partial charge in [0.05, 0.1) is 0 Å². The first-order valence-electron chi connectivity index (χ1n) is 8.07. The Morgan fingerprint density at radius 3 is 2.12 bits per heavy atom. The Morgan fingerprint density at radius 1 is 0.750 bits per heavy atom. The summed E-state index contributed by atoms with van der Waals surface area (Å²) in [7, 11) is 0. The van der Waals surface area contributed by atoms with E-state index in [0.29, 0.717) is 6.42 Å². The maximum atomic E-state index is 11.6. The van der Waals surface area contributed by atoms with Crippen molar-refractivity contribution in [2.24, 2.45) is 0 Å². The van der Waals surface area contributed by atoms with Crippen molar-refractivity contribution in [2.45, 2.75) is 12.0 Å². The molecule has 0 bridgehead atoms. The molecule has 0 saturated heterocycles. The second-order valence-electron chi connectivity index (χ2n) is 6.06. The Bertz CT molecular complexity index is 871. The van der Waals surface area contributed by atoms with Gasteiger partial charge >= 0.3 is 153 Å². The van der Waals surface area contributed by atoms with Gasteiger partial charge in [-0.15, -0.1) is 0 Å². The third-order valence-corrected chi connectivity index (χ3v) is 7.60. The molecule has 24 heavy (non-hydrogen) atoms. The van der Waals surface area contributed by atoms with Crippen molar-refractivity contribution in [3.05, 3.63) is 108 Å². The van der Waals surface area contributed by atoms with Crippen molar-refractivity contribution in [1.82, 2.24) is 0 Å². The first kappa shape index (κ1) is 15.7. The number of hydrogen-bond donors (Lipinski definition) is 1. The molecule has 1 aliphatic rings. The molecule has 0 aromatic heterocycles. The van der Waals surface area contributed by atoms with Gasteiger partial charge < -0.3 is 0 Å². The molecule has 4 rings (SSSR count). The van der Waals surface area contributed by atoms with E-state index in [1.54, 1.807) is 0 Å². The van der Waals surface area contributed by atoms with Gasteiger partial charge in [0.25, 0.3) is 0 Å². The summed E-state index contributed by atoms with van der Waals surface area (Å²) in [6, 6.07) is 29.1. The average Bonchev–Trinajstić information content (AvgIpc) is 2.63. The first-order valence-corrected chi connectivity index (χ1v) is 10.4. The van der Waals surface area contributed by atoms with Crippen molar-refractivity contribution in [2.75, 3.05) is 0 Å². The number of rotatable bonds is 3. The number of benzene rings is 3. The molecular formula is C22H18OTe. The van der Waals surface area contributed by atoms with Gasteiger partial charge in [-0.3, -0.25) is 0 Å². The van der Waals surface area contributed by atoms with Gasteiger partial charge in [0.2, 0.25) is 0 Å². The fourth-order valence-corrected chi connectivity index (χ4v) is 6.71. The van der Waals surface area contributed by atoms with E-state index in [4.69, 9.17) is 0 Å². The molecule has 0 amide bonds. The summed E-state index contributed by atoms with van der Waals surface area (Å²) in [4.78, 5) is 0. The molecule has 118 valence electrons. The quantitative estimate of drug-likeness (QED) is 0.637. The Balaban J connectivity index is 1.81. The van der Waals surface area contributed by atoms with Crippen LogP contribution < -0.4 is 3.61 Å². The molecule has 0 fully saturated rings. The number of fused-ring (bicyclic) bond motifs is 1. The molecule has 1 heterocycles. The van der Waals surface area contributed by atoms with Crippen LogP contribution >= 0.6 is 0 Å². The van der Waals surface area contributed by atoms with Gasteiger partial charge in [0.1, 0.15) is 0 Å². The minimum atomic E-state index is -0.938. The molecule has 0 radical (unpaired) electrons. The minimum absolute atomic E-state index is 0.492. The summed E-state index contributed by atoms with van der Waals surface area (Å²) >= 11 is -0.492. The molecule has 1 atom stereocenters. The number of hydrogen-bond acceptors (Lipinski definition) is 1. The van der Waals surface area contributed by atoms with Crippen LogP contribution in [0.15, 0.2) is 91.0 Å². The van der Waals surface area contributed by atoms with Crippen LogP contribution in [0.5, 0.6) is 0 Å². The Kier molecular flexibility index (Phi) is 4.29. The van der Waals surface area contributed by atoms with Gasteiger partial charge in [-0.2, -0.15) is 0 Å². The van der Waals surface area contributed by atoms with Gasteiger partial charge in [0, 0.05) is 0 Å². The van der Waals surface area contributed by atoms with Crippen LogP contribution in [0.1, 0.15) is 16.7 Å². The second-order valence-corrected chi connectivity index (χ2v) is 9.15. The van der Waals surface area contributed by atoms with E-state index in [-0.39, 0.29) is 0 Å². The van der Waals surface area contributed by atoms with Gasteiger partial charge in [-0.25, -0.2) is 0 Å². The van der Waals surface area contributed by atoms with Crippen molar-refractivity contribution < 1.29 is 5.11 Å². The average molecular weight is 426 g/mol. The fourth-order valence-electron chi connectivity index (χ4n) is 3.15. The second kappa shape index (κ2) is 6.57. The predicted molar refractivity (Wildman–Crippen MR) is 100 cm³/mol. The predicted octanol–water partition coefficient (Wildman–Crippen LogP) is 3.50. The van der Waals surface area contributed by atoms with Crippen LogP contribution in [0.2, 0.25) is 0 Å². The molecule has 1 nitrogen and oxygen atoms in total. The van der Waals surface area contributed by atoms with E-state index in [2.05, 4.69) is 60.7 Å². The van der Waals surface area contributed by atoms with E-state index in [1.807, 2.05) is 30.3 Å². The fraction of sp³-hybridized carbons (Fsp3) is 0.0909. The Labute approximate surface area is 152 Å². The topological polar surface area (TPSA) is 20.2 Å². The summed E-state index contributed by atoms with van der Waals surface area (Å²) in [5, 5.41) is 11.6. The zero-order valence-electron chi connectivity index (χ0n) is 13.2. The van der Waals surface area contributed by atoms with Crippen molar-refractivity contribution in [3.63, 3.8) is 0 Å². The van der Waals surface area contributed by atoms with Crippen molar-refractivity contribution in [3.8, 4) is 0 Å². The monoisotopic (exact) mass is 428 g/mol. The van der Waals surface area contributed by atoms with E-state index < -0.39 is 26.5 Å². The molecule has 1 unspecified atom stereocenters. The van der Waals surface area contributed by atoms with Crippen LogP contribution in [0.4, 0.5) is 0 Å². The van der Waals surface area contributed by atoms with Gasteiger partial charge in [-0.1, -0.05) is 0 Å². The molecule has 2 heteroatoms. The zero-order chi connectivity index (χ0) is 16.4.